The van der Waals surface area contributed by atoms with Crippen molar-refractivity contribution in [2.75, 3.05) is 19.6 Å². The van der Waals surface area contributed by atoms with Gasteiger partial charge < -0.3 is 4.90 Å². The Bertz CT molecular complexity index is 256. The van der Waals surface area contributed by atoms with Crippen molar-refractivity contribution in [2.24, 2.45) is 17.0 Å². The first-order chi connectivity index (χ1) is 6.74. The van der Waals surface area contributed by atoms with Crippen molar-refractivity contribution in [3.63, 3.8) is 0 Å². The molecule has 1 amide bonds. The minimum atomic E-state index is 0.111. The molecule has 78 valence electrons. The van der Waals surface area contributed by atoms with Gasteiger partial charge in [0.05, 0.1) is 0 Å². The molecule has 1 rings (SSSR count). The van der Waals surface area contributed by atoms with Crippen LogP contribution in [-0.2, 0) is 4.79 Å². The summed E-state index contributed by atoms with van der Waals surface area (Å²) < 4.78 is 0. The lowest BCUT2D eigenvalue weighted by molar-refractivity contribution is -0.132. The van der Waals surface area contributed by atoms with Crippen LogP contribution in [0.3, 0.4) is 0 Å². The summed E-state index contributed by atoms with van der Waals surface area (Å²) >= 11 is 0. The van der Waals surface area contributed by atoms with Crippen LogP contribution >= 0.6 is 0 Å². The zero-order valence-corrected chi connectivity index (χ0v) is 8.68. The molecule has 1 aliphatic carbocycles. The van der Waals surface area contributed by atoms with Gasteiger partial charge in [-0.15, -0.1) is 0 Å². The normalized spacial score (nSPS) is 23.9. The molecule has 0 aromatic rings. The minimum Gasteiger partial charge on any atom is -0.343 e. The fourth-order valence-electron chi connectivity index (χ4n) is 1.66. The number of nitrogens with zero attached hydrogens (tertiary/aromatic N) is 4. The van der Waals surface area contributed by atoms with E-state index in [4.69, 9.17) is 5.53 Å². The molecule has 0 aromatic carbocycles. The van der Waals surface area contributed by atoms with E-state index in [0.29, 0.717) is 12.5 Å². The van der Waals surface area contributed by atoms with Gasteiger partial charge in [-0.25, -0.2) is 0 Å². The van der Waals surface area contributed by atoms with Gasteiger partial charge in [-0.05, 0) is 31.7 Å². The number of hydrogen-bond donors (Lipinski definition) is 0. The first-order valence-corrected chi connectivity index (χ1v) is 5.04. The molecule has 2 unspecified atom stereocenters. The Morgan fingerprint density at radius 3 is 2.71 bits per heavy atom. The smallest absolute Gasteiger partial charge is 0.225 e. The third-order valence-corrected chi connectivity index (χ3v) is 2.69. The lowest BCUT2D eigenvalue weighted by atomic mass is 10.2. The van der Waals surface area contributed by atoms with Crippen LogP contribution in [0.15, 0.2) is 5.11 Å². The van der Waals surface area contributed by atoms with Gasteiger partial charge in [0.15, 0.2) is 0 Å². The second-order valence-electron chi connectivity index (χ2n) is 3.53. The van der Waals surface area contributed by atoms with E-state index >= 15 is 0 Å². The summed E-state index contributed by atoms with van der Waals surface area (Å²) in [5.74, 6) is 0.618. The number of hydrogen-bond acceptors (Lipinski definition) is 2. The van der Waals surface area contributed by atoms with Crippen molar-refractivity contribution in [3.8, 4) is 0 Å². The maximum atomic E-state index is 11.7. The molecule has 0 heterocycles. The van der Waals surface area contributed by atoms with E-state index in [2.05, 4.69) is 10.0 Å². The first-order valence-electron chi connectivity index (χ1n) is 5.04. The molecular weight excluding hydrogens is 180 g/mol. The van der Waals surface area contributed by atoms with Crippen LogP contribution in [0.4, 0.5) is 0 Å². The minimum absolute atomic E-state index is 0.111. The third-order valence-electron chi connectivity index (χ3n) is 2.69. The maximum Gasteiger partial charge on any atom is 0.225 e. The average Bonchev–Trinajstić information content (AvgIpc) is 2.95. The molecule has 5 nitrogen and oxygen atoms in total. The largest absolute Gasteiger partial charge is 0.343 e. The molecule has 14 heavy (non-hydrogen) atoms. The van der Waals surface area contributed by atoms with E-state index in [1.165, 1.54) is 0 Å². The molecule has 5 heteroatoms. The quantitative estimate of drug-likeness (QED) is 0.375. The maximum absolute atomic E-state index is 11.7. The van der Waals surface area contributed by atoms with Crippen LogP contribution in [0.2, 0.25) is 0 Å². The fraction of sp³-hybridized carbons (Fsp3) is 0.889. The number of carbonyl (C=O) groups is 1. The van der Waals surface area contributed by atoms with Gasteiger partial charge in [0, 0.05) is 30.5 Å². The van der Waals surface area contributed by atoms with Gasteiger partial charge >= 0.3 is 0 Å². The van der Waals surface area contributed by atoms with Crippen molar-refractivity contribution in [2.45, 2.75) is 20.3 Å². The van der Waals surface area contributed by atoms with Gasteiger partial charge in [0.2, 0.25) is 5.91 Å². The summed E-state index contributed by atoms with van der Waals surface area (Å²) in [7, 11) is 0. The molecule has 0 saturated heterocycles. The Morgan fingerprint density at radius 1 is 1.57 bits per heavy atom. The van der Waals surface area contributed by atoms with Crippen LogP contribution in [0.5, 0.6) is 0 Å². The predicted molar refractivity (Wildman–Crippen MR) is 53.5 cm³/mol. The summed E-state index contributed by atoms with van der Waals surface area (Å²) in [4.78, 5) is 16.3. The Morgan fingerprint density at radius 2 is 2.21 bits per heavy atom. The Hall–Kier alpha value is -1.22. The van der Waals surface area contributed by atoms with Crippen LogP contribution in [0, 0.1) is 11.8 Å². The van der Waals surface area contributed by atoms with Crippen molar-refractivity contribution in [1.82, 2.24) is 4.90 Å². The number of azide groups is 1. The molecule has 2 atom stereocenters. The summed E-state index contributed by atoms with van der Waals surface area (Å²) in [5.41, 5.74) is 8.13. The highest BCUT2D eigenvalue weighted by Crippen LogP contribution is 2.40. The molecule has 0 aliphatic heterocycles. The molecule has 1 aliphatic rings. The van der Waals surface area contributed by atoms with Crippen LogP contribution < -0.4 is 0 Å². The first kappa shape index (κ1) is 10.9. The SMILES string of the molecule is CCN(CC)C(=O)C1CC1CN=[N+]=[N-]. The number of rotatable bonds is 5. The van der Waals surface area contributed by atoms with Gasteiger partial charge in [0.1, 0.15) is 0 Å². The summed E-state index contributed by atoms with van der Waals surface area (Å²) in [5, 5.41) is 3.49. The zero-order chi connectivity index (χ0) is 10.6. The number of amides is 1. The third kappa shape index (κ3) is 2.39. The molecule has 0 radical (unpaired) electrons. The standard InChI is InChI=1S/C9H16N4O/c1-3-13(4-2)9(14)8-5-7(8)6-11-12-10/h7-8H,3-6H2,1-2H3. The predicted octanol–water partition coefficient (Wildman–Crippen LogP) is 1.80. The van der Waals surface area contributed by atoms with E-state index in [9.17, 15) is 4.79 Å². The Balaban J connectivity index is 2.38. The fourth-order valence-corrected chi connectivity index (χ4v) is 1.66. The van der Waals surface area contributed by atoms with Crippen molar-refractivity contribution < 1.29 is 4.79 Å². The van der Waals surface area contributed by atoms with Crippen LogP contribution in [0.25, 0.3) is 10.4 Å². The van der Waals surface area contributed by atoms with Crippen molar-refractivity contribution >= 4 is 5.91 Å². The van der Waals surface area contributed by atoms with Gasteiger partial charge in [0.25, 0.3) is 0 Å². The highest BCUT2D eigenvalue weighted by Gasteiger charge is 2.43. The topological polar surface area (TPSA) is 69.1 Å². The monoisotopic (exact) mass is 196 g/mol. The summed E-state index contributed by atoms with van der Waals surface area (Å²) in [6, 6.07) is 0. The number of carbonyl (C=O) groups excluding carboxylic acids is 1. The molecular formula is C9H16N4O. The van der Waals surface area contributed by atoms with E-state index in [-0.39, 0.29) is 11.8 Å². The Labute approximate surface area is 83.7 Å². The molecule has 0 bridgehead atoms. The van der Waals surface area contributed by atoms with Gasteiger partial charge in [-0.1, -0.05) is 5.11 Å². The second-order valence-corrected chi connectivity index (χ2v) is 3.53. The molecule has 0 spiro atoms. The van der Waals surface area contributed by atoms with E-state index in [0.717, 1.165) is 19.5 Å². The van der Waals surface area contributed by atoms with Gasteiger partial charge in [-0.2, -0.15) is 0 Å². The average molecular weight is 196 g/mol. The van der Waals surface area contributed by atoms with Crippen molar-refractivity contribution in [3.05, 3.63) is 10.4 Å². The van der Waals surface area contributed by atoms with Crippen molar-refractivity contribution in [1.29, 1.82) is 0 Å². The lowest BCUT2D eigenvalue weighted by Crippen LogP contribution is -2.32. The molecule has 1 fully saturated rings. The highest BCUT2D eigenvalue weighted by atomic mass is 16.2. The lowest BCUT2D eigenvalue weighted by Gasteiger charge is -2.18. The zero-order valence-electron chi connectivity index (χ0n) is 8.68. The summed E-state index contributed by atoms with van der Waals surface area (Å²) in [6.07, 6.45) is 0.883. The van der Waals surface area contributed by atoms with Gasteiger partial charge in [-0.3, -0.25) is 4.79 Å². The Kier molecular flexibility index (Phi) is 3.77. The molecule has 1 saturated carbocycles. The van der Waals surface area contributed by atoms with E-state index < -0.39 is 0 Å². The molecule has 0 N–H and O–H groups in total. The highest BCUT2D eigenvalue weighted by molar-refractivity contribution is 5.81. The van der Waals surface area contributed by atoms with Crippen LogP contribution in [0.1, 0.15) is 20.3 Å². The summed E-state index contributed by atoms with van der Waals surface area (Å²) in [6.45, 7) is 5.95. The van der Waals surface area contributed by atoms with E-state index in [1.807, 2.05) is 18.7 Å². The second kappa shape index (κ2) is 4.86. The molecule has 0 aromatic heterocycles. The van der Waals surface area contributed by atoms with Crippen LogP contribution in [-0.4, -0.2) is 30.4 Å². The van der Waals surface area contributed by atoms with E-state index in [1.54, 1.807) is 0 Å².